The number of hydrogen-bond acceptors (Lipinski definition) is 2. The highest BCUT2D eigenvalue weighted by Gasteiger charge is 2.19. The minimum atomic E-state index is -0.138. The predicted molar refractivity (Wildman–Crippen MR) is 68.6 cm³/mol. The molecule has 0 unspecified atom stereocenters. The fraction of sp³-hybridized carbons (Fsp3) is 0.571. The van der Waals surface area contributed by atoms with Crippen molar-refractivity contribution >= 4 is 0 Å². The molecule has 94 valence electrons. The first kappa shape index (κ1) is 12.5. The number of likely N-dealkylation sites (N-methyl/N-ethyl adjacent to an activating group) is 1. The molecule has 1 aromatic rings. The van der Waals surface area contributed by atoms with E-state index in [1.54, 1.807) is 12.1 Å². The van der Waals surface area contributed by atoms with Crippen LogP contribution in [0.1, 0.15) is 18.9 Å². The van der Waals surface area contributed by atoms with E-state index < -0.39 is 0 Å². The van der Waals surface area contributed by atoms with Gasteiger partial charge in [0.05, 0.1) is 0 Å². The molecule has 2 rings (SSSR count). The average molecular weight is 236 g/mol. The number of hydrogen-bond donors (Lipinski definition) is 1. The molecule has 0 saturated carbocycles. The number of nitrogens with one attached hydrogen (secondary N) is 1. The van der Waals surface area contributed by atoms with Gasteiger partial charge in [-0.25, -0.2) is 4.39 Å². The Morgan fingerprint density at radius 2 is 2.35 bits per heavy atom. The quantitative estimate of drug-likeness (QED) is 0.841. The maximum atomic E-state index is 13.0. The van der Waals surface area contributed by atoms with Gasteiger partial charge in [-0.15, -0.1) is 0 Å². The summed E-state index contributed by atoms with van der Waals surface area (Å²) >= 11 is 0. The van der Waals surface area contributed by atoms with Crippen molar-refractivity contribution in [1.29, 1.82) is 0 Å². The summed E-state index contributed by atoms with van der Waals surface area (Å²) < 4.78 is 13.0. The van der Waals surface area contributed by atoms with E-state index in [0.717, 1.165) is 31.6 Å². The standard InChI is InChI=1S/C14H21FN2/c1-2-17-9-7-14(11-17)16-8-6-12-4-3-5-13(15)10-12/h3-5,10,14,16H,2,6-9,11H2,1H3/t14-/m1/s1. The molecule has 1 saturated heterocycles. The van der Waals surface area contributed by atoms with Crippen molar-refractivity contribution in [3.05, 3.63) is 35.6 Å². The molecule has 1 aliphatic heterocycles. The molecular formula is C14H21FN2. The van der Waals surface area contributed by atoms with Crippen molar-refractivity contribution in [1.82, 2.24) is 10.2 Å². The van der Waals surface area contributed by atoms with Crippen LogP contribution < -0.4 is 5.32 Å². The summed E-state index contributed by atoms with van der Waals surface area (Å²) in [5, 5.41) is 3.55. The van der Waals surface area contributed by atoms with Crippen LogP contribution in [0.25, 0.3) is 0 Å². The summed E-state index contributed by atoms with van der Waals surface area (Å²) in [6.07, 6.45) is 2.14. The molecule has 1 N–H and O–H groups in total. The van der Waals surface area contributed by atoms with Gasteiger partial charge >= 0.3 is 0 Å². The Balaban J connectivity index is 1.70. The van der Waals surface area contributed by atoms with Crippen molar-refractivity contribution in [2.24, 2.45) is 0 Å². The molecule has 2 nitrogen and oxygen atoms in total. The third kappa shape index (κ3) is 3.79. The van der Waals surface area contributed by atoms with Crippen LogP contribution in [-0.2, 0) is 6.42 Å². The largest absolute Gasteiger partial charge is 0.312 e. The molecule has 1 aromatic carbocycles. The molecule has 0 amide bonds. The van der Waals surface area contributed by atoms with Crippen molar-refractivity contribution < 1.29 is 4.39 Å². The second-order valence-electron chi connectivity index (χ2n) is 4.71. The highest BCUT2D eigenvalue weighted by atomic mass is 19.1. The van der Waals surface area contributed by atoms with Crippen LogP contribution in [0.4, 0.5) is 4.39 Å². The number of halogens is 1. The topological polar surface area (TPSA) is 15.3 Å². The van der Waals surface area contributed by atoms with Crippen molar-refractivity contribution in [3.63, 3.8) is 0 Å². The Labute approximate surface area is 103 Å². The zero-order chi connectivity index (χ0) is 12.1. The van der Waals surface area contributed by atoms with Gasteiger partial charge in [-0.2, -0.15) is 0 Å². The second-order valence-corrected chi connectivity index (χ2v) is 4.71. The lowest BCUT2D eigenvalue weighted by Gasteiger charge is -2.14. The monoisotopic (exact) mass is 236 g/mol. The summed E-state index contributed by atoms with van der Waals surface area (Å²) in [5.74, 6) is -0.138. The Bertz CT molecular complexity index is 354. The van der Waals surface area contributed by atoms with E-state index in [1.165, 1.54) is 19.0 Å². The van der Waals surface area contributed by atoms with E-state index in [-0.39, 0.29) is 5.82 Å². The Hall–Kier alpha value is -0.930. The smallest absolute Gasteiger partial charge is 0.123 e. The Kier molecular flexibility index (Phi) is 4.51. The zero-order valence-electron chi connectivity index (χ0n) is 10.5. The van der Waals surface area contributed by atoms with E-state index in [4.69, 9.17) is 0 Å². The first-order valence-corrected chi connectivity index (χ1v) is 6.48. The van der Waals surface area contributed by atoms with Crippen LogP contribution >= 0.6 is 0 Å². The van der Waals surface area contributed by atoms with Gasteiger partial charge in [-0.05, 0) is 50.2 Å². The molecular weight excluding hydrogens is 215 g/mol. The number of nitrogens with zero attached hydrogens (tertiary/aromatic N) is 1. The third-order valence-electron chi connectivity index (χ3n) is 3.46. The predicted octanol–water partition coefficient (Wildman–Crippen LogP) is 2.05. The van der Waals surface area contributed by atoms with Gasteiger partial charge in [0, 0.05) is 12.6 Å². The molecule has 0 aromatic heterocycles. The minimum absolute atomic E-state index is 0.138. The molecule has 1 atom stereocenters. The number of rotatable bonds is 5. The molecule has 0 spiro atoms. The number of likely N-dealkylation sites (tertiary alicyclic amines) is 1. The first-order valence-electron chi connectivity index (χ1n) is 6.48. The highest BCUT2D eigenvalue weighted by molar-refractivity contribution is 5.16. The van der Waals surface area contributed by atoms with Crippen molar-refractivity contribution in [2.45, 2.75) is 25.8 Å². The lowest BCUT2D eigenvalue weighted by molar-refractivity contribution is 0.346. The minimum Gasteiger partial charge on any atom is -0.312 e. The number of benzene rings is 1. The van der Waals surface area contributed by atoms with Crippen molar-refractivity contribution in [3.8, 4) is 0 Å². The van der Waals surface area contributed by atoms with Crippen LogP contribution in [0.5, 0.6) is 0 Å². The Morgan fingerprint density at radius 3 is 3.06 bits per heavy atom. The maximum absolute atomic E-state index is 13.0. The summed E-state index contributed by atoms with van der Waals surface area (Å²) in [6, 6.07) is 7.49. The normalized spacial score (nSPS) is 20.9. The molecule has 0 aliphatic carbocycles. The van der Waals surface area contributed by atoms with Crippen LogP contribution in [0.3, 0.4) is 0 Å². The van der Waals surface area contributed by atoms with E-state index in [2.05, 4.69) is 17.1 Å². The van der Waals surface area contributed by atoms with E-state index in [1.807, 2.05) is 6.07 Å². The molecule has 17 heavy (non-hydrogen) atoms. The zero-order valence-corrected chi connectivity index (χ0v) is 10.5. The van der Waals surface area contributed by atoms with E-state index in [9.17, 15) is 4.39 Å². The molecule has 0 radical (unpaired) electrons. The van der Waals surface area contributed by atoms with Gasteiger partial charge in [0.25, 0.3) is 0 Å². The average Bonchev–Trinajstić information content (AvgIpc) is 2.77. The van der Waals surface area contributed by atoms with Crippen molar-refractivity contribution in [2.75, 3.05) is 26.2 Å². The SMILES string of the molecule is CCN1CC[C@@H](NCCc2cccc(F)c2)C1. The lowest BCUT2D eigenvalue weighted by Crippen LogP contribution is -2.33. The van der Waals surface area contributed by atoms with E-state index >= 15 is 0 Å². The van der Waals surface area contributed by atoms with E-state index in [0.29, 0.717) is 6.04 Å². The molecule has 1 fully saturated rings. The van der Waals surface area contributed by atoms with Gasteiger partial charge in [0.1, 0.15) is 5.82 Å². The van der Waals surface area contributed by atoms with Crippen LogP contribution in [0, 0.1) is 5.82 Å². The lowest BCUT2D eigenvalue weighted by atomic mass is 10.1. The summed E-state index contributed by atoms with van der Waals surface area (Å²) in [6.45, 7) is 6.64. The third-order valence-corrected chi connectivity index (χ3v) is 3.46. The Morgan fingerprint density at radius 1 is 1.47 bits per heavy atom. The van der Waals surface area contributed by atoms with Gasteiger partial charge in [-0.3, -0.25) is 0 Å². The molecule has 3 heteroatoms. The van der Waals surface area contributed by atoms with Crippen LogP contribution in [0.2, 0.25) is 0 Å². The van der Waals surface area contributed by atoms with Gasteiger partial charge in [0.15, 0.2) is 0 Å². The molecule has 1 heterocycles. The van der Waals surface area contributed by atoms with Crippen LogP contribution in [0.15, 0.2) is 24.3 Å². The van der Waals surface area contributed by atoms with Gasteiger partial charge in [0.2, 0.25) is 0 Å². The fourth-order valence-electron chi connectivity index (χ4n) is 2.40. The van der Waals surface area contributed by atoms with Gasteiger partial charge in [-0.1, -0.05) is 19.1 Å². The fourth-order valence-corrected chi connectivity index (χ4v) is 2.40. The van der Waals surface area contributed by atoms with Crippen LogP contribution in [-0.4, -0.2) is 37.1 Å². The highest BCUT2D eigenvalue weighted by Crippen LogP contribution is 2.08. The van der Waals surface area contributed by atoms with Gasteiger partial charge < -0.3 is 10.2 Å². The maximum Gasteiger partial charge on any atom is 0.123 e. The molecule has 0 bridgehead atoms. The summed E-state index contributed by atoms with van der Waals surface area (Å²) in [5.41, 5.74) is 1.07. The molecule has 1 aliphatic rings. The summed E-state index contributed by atoms with van der Waals surface area (Å²) in [4.78, 5) is 2.46. The summed E-state index contributed by atoms with van der Waals surface area (Å²) in [7, 11) is 0. The second kappa shape index (κ2) is 6.12. The first-order chi connectivity index (χ1) is 8.28.